The first-order valence-electron chi connectivity index (χ1n) is 9.43. The SMILES string of the molecule is CCc1onc(C)c1-c1cccc(C2CCN(C(=O)CNS(C)(=O)=O)CC2)n1. The van der Waals surface area contributed by atoms with Crippen molar-refractivity contribution in [1.29, 1.82) is 0 Å². The molecule has 1 aliphatic heterocycles. The van der Waals surface area contributed by atoms with Gasteiger partial charge in [0.25, 0.3) is 0 Å². The monoisotopic (exact) mass is 406 g/mol. The number of rotatable bonds is 6. The van der Waals surface area contributed by atoms with Crippen LogP contribution < -0.4 is 4.72 Å². The predicted octanol–water partition coefficient (Wildman–Crippen LogP) is 1.86. The van der Waals surface area contributed by atoms with Crippen LogP contribution in [0.5, 0.6) is 0 Å². The Balaban J connectivity index is 1.67. The molecule has 0 atom stereocenters. The predicted molar refractivity (Wildman–Crippen MR) is 105 cm³/mol. The van der Waals surface area contributed by atoms with Crippen LogP contribution in [0, 0.1) is 6.92 Å². The number of carbonyl (C=O) groups is 1. The molecule has 0 saturated carbocycles. The van der Waals surface area contributed by atoms with Crippen LogP contribution in [0.25, 0.3) is 11.3 Å². The smallest absolute Gasteiger partial charge is 0.237 e. The number of aryl methyl sites for hydroxylation is 2. The molecule has 1 N–H and O–H groups in total. The van der Waals surface area contributed by atoms with E-state index in [1.54, 1.807) is 4.90 Å². The molecule has 0 radical (unpaired) electrons. The van der Waals surface area contributed by atoms with E-state index >= 15 is 0 Å². The molecule has 1 amide bonds. The van der Waals surface area contributed by atoms with Gasteiger partial charge in [-0.2, -0.15) is 0 Å². The Bertz CT molecular complexity index is 947. The second kappa shape index (κ2) is 8.40. The van der Waals surface area contributed by atoms with Gasteiger partial charge >= 0.3 is 0 Å². The molecule has 1 fully saturated rings. The number of likely N-dealkylation sites (tertiary alicyclic amines) is 1. The lowest BCUT2D eigenvalue weighted by Gasteiger charge is -2.32. The van der Waals surface area contributed by atoms with E-state index in [1.807, 2.05) is 32.0 Å². The Kier molecular flexibility index (Phi) is 6.14. The maximum atomic E-state index is 12.2. The number of hydrogen-bond donors (Lipinski definition) is 1. The number of piperidine rings is 1. The van der Waals surface area contributed by atoms with E-state index in [-0.39, 0.29) is 18.4 Å². The van der Waals surface area contributed by atoms with Crippen molar-refractivity contribution < 1.29 is 17.7 Å². The van der Waals surface area contributed by atoms with Crippen molar-refractivity contribution in [2.75, 3.05) is 25.9 Å². The zero-order valence-electron chi connectivity index (χ0n) is 16.4. The molecule has 3 rings (SSSR count). The summed E-state index contributed by atoms with van der Waals surface area (Å²) in [7, 11) is -3.37. The second-order valence-electron chi connectivity index (χ2n) is 7.12. The van der Waals surface area contributed by atoms with E-state index in [9.17, 15) is 13.2 Å². The van der Waals surface area contributed by atoms with Crippen molar-refractivity contribution >= 4 is 15.9 Å². The van der Waals surface area contributed by atoms with E-state index in [0.29, 0.717) is 13.1 Å². The number of pyridine rings is 1. The lowest BCUT2D eigenvalue weighted by molar-refractivity contribution is -0.131. The van der Waals surface area contributed by atoms with Gasteiger partial charge in [-0.1, -0.05) is 18.1 Å². The molecule has 1 saturated heterocycles. The lowest BCUT2D eigenvalue weighted by Crippen LogP contribution is -2.43. The largest absolute Gasteiger partial charge is 0.360 e. The number of hydrogen-bond acceptors (Lipinski definition) is 6. The highest BCUT2D eigenvalue weighted by Gasteiger charge is 2.25. The number of nitrogens with zero attached hydrogens (tertiary/aromatic N) is 3. The highest BCUT2D eigenvalue weighted by Crippen LogP contribution is 2.31. The van der Waals surface area contributed by atoms with Crippen LogP contribution in [0.15, 0.2) is 22.7 Å². The molecular formula is C19H26N4O4S. The van der Waals surface area contributed by atoms with Gasteiger partial charge in [0.2, 0.25) is 15.9 Å². The minimum absolute atomic E-state index is 0.191. The molecule has 0 aromatic carbocycles. The Morgan fingerprint density at radius 3 is 2.68 bits per heavy atom. The van der Waals surface area contributed by atoms with Gasteiger partial charge in [-0.15, -0.1) is 0 Å². The molecule has 0 spiro atoms. The first-order valence-corrected chi connectivity index (χ1v) is 11.3. The molecule has 8 nitrogen and oxygen atoms in total. The zero-order chi connectivity index (χ0) is 20.3. The number of carbonyl (C=O) groups excluding carboxylic acids is 1. The summed E-state index contributed by atoms with van der Waals surface area (Å²) in [5.41, 5.74) is 3.66. The molecular weight excluding hydrogens is 380 g/mol. The Hall–Kier alpha value is -2.26. The van der Waals surface area contributed by atoms with E-state index in [0.717, 1.165) is 53.9 Å². The number of sulfonamides is 1. The summed E-state index contributed by atoms with van der Waals surface area (Å²) in [5.74, 6) is 0.899. The van der Waals surface area contributed by atoms with Crippen LogP contribution >= 0.6 is 0 Å². The minimum atomic E-state index is -3.37. The van der Waals surface area contributed by atoms with Crippen LogP contribution in [0.3, 0.4) is 0 Å². The molecule has 0 bridgehead atoms. The molecule has 152 valence electrons. The summed E-state index contributed by atoms with van der Waals surface area (Å²) in [5, 5.41) is 4.06. The summed E-state index contributed by atoms with van der Waals surface area (Å²) in [6, 6.07) is 5.99. The Labute approximate surface area is 165 Å². The summed E-state index contributed by atoms with van der Waals surface area (Å²) < 4.78 is 30.0. The quantitative estimate of drug-likeness (QED) is 0.785. The lowest BCUT2D eigenvalue weighted by atomic mass is 9.92. The van der Waals surface area contributed by atoms with Gasteiger partial charge < -0.3 is 9.42 Å². The topological polar surface area (TPSA) is 105 Å². The van der Waals surface area contributed by atoms with Crippen molar-refractivity contribution in [2.45, 2.75) is 39.0 Å². The fraction of sp³-hybridized carbons (Fsp3) is 0.526. The van der Waals surface area contributed by atoms with Crippen molar-refractivity contribution in [3.05, 3.63) is 35.3 Å². The molecule has 9 heteroatoms. The number of aromatic nitrogens is 2. The van der Waals surface area contributed by atoms with Gasteiger partial charge in [0.05, 0.1) is 29.8 Å². The van der Waals surface area contributed by atoms with Gasteiger partial charge in [0.15, 0.2) is 0 Å². The van der Waals surface area contributed by atoms with Gasteiger partial charge in [0, 0.05) is 31.1 Å². The first-order chi connectivity index (χ1) is 13.3. The fourth-order valence-corrected chi connectivity index (χ4v) is 3.92. The third-order valence-electron chi connectivity index (χ3n) is 5.03. The van der Waals surface area contributed by atoms with Gasteiger partial charge in [-0.3, -0.25) is 9.78 Å². The first kappa shape index (κ1) is 20.5. The summed E-state index contributed by atoms with van der Waals surface area (Å²) >= 11 is 0. The molecule has 1 aliphatic rings. The maximum Gasteiger partial charge on any atom is 0.237 e. The summed E-state index contributed by atoms with van der Waals surface area (Å²) in [4.78, 5) is 18.7. The molecule has 0 aliphatic carbocycles. The van der Waals surface area contributed by atoms with E-state index < -0.39 is 10.0 Å². The van der Waals surface area contributed by atoms with Crippen LogP contribution in [0.2, 0.25) is 0 Å². The second-order valence-corrected chi connectivity index (χ2v) is 8.95. The summed E-state index contributed by atoms with van der Waals surface area (Å²) in [6.45, 7) is 4.93. The fourth-order valence-electron chi connectivity index (χ4n) is 3.53. The standard InChI is InChI=1S/C19H26N4O4S/c1-4-17-19(13(2)22-27-17)16-7-5-6-15(21-16)14-8-10-23(11-9-14)18(24)12-20-28(3,25)26/h5-7,14,20H,4,8-12H2,1-3H3. The molecule has 0 unspecified atom stereocenters. The Morgan fingerprint density at radius 1 is 1.32 bits per heavy atom. The number of nitrogens with one attached hydrogen (secondary N) is 1. The Morgan fingerprint density at radius 2 is 2.04 bits per heavy atom. The van der Waals surface area contributed by atoms with Crippen molar-refractivity contribution in [3.8, 4) is 11.3 Å². The maximum absolute atomic E-state index is 12.2. The van der Waals surface area contributed by atoms with E-state index in [4.69, 9.17) is 9.51 Å². The molecule has 2 aromatic rings. The van der Waals surface area contributed by atoms with E-state index in [1.165, 1.54) is 0 Å². The van der Waals surface area contributed by atoms with Crippen LogP contribution in [0.1, 0.15) is 42.8 Å². The van der Waals surface area contributed by atoms with Crippen LogP contribution in [-0.2, 0) is 21.2 Å². The van der Waals surface area contributed by atoms with Crippen molar-refractivity contribution in [1.82, 2.24) is 19.8 Å². The van der Waals surface area contributed by atoms with Gasteiger partial charge in [0.1, 0.15) is 5.76 Å². The average molecular weight is 407 g/mol. The van der Waals surface area contributed by atoms with Gasteiger partial charge in [-0.05, 0) is 31.9 Å². The highest BCUT2D eigenvalue weighted by atomic mass is 32.2. The van der Waals surface area contributed by atoms with Crippen LogP contribution in [-0.4, -0.2) is 55.3 Å². The molecule has 2 aromatic heterocycles. The average Bonchev–Trinajstić information content (AvgIpc) is 3.06. The number of amides is 1. The highest BCUT2D eigenvalue weighted by molar-refractivity contribution is 7.88. The minimum Gasteiger partial charge on any atom is -0.360 e. The third kappa shape index (κ3) is 4.77. The van der Waals surface area contributed by atoms with Crippen molar-refractivity contribution in [2.24, 2.45) is 0 Å². The van der Waals surface area contributed by atoms with Crippen LogP contribution in [0.4, 0.5) is 0 Å². The normalized spacial score (nSPS) is 15.8. The molecule has 28 heavy (non-hydrogen) atoms. The summed E-state index contributed by atoms with van der Waals surface area (Å²) in [6.07, 6.45) is 3.39. The van der Waals surface area contributed by atoms with Crippen molar-refractivity contribution in [3.63, 3.8) is 0 Å². The van der Waals surface area contributed by atoms with Gasteiger partial charge in [-0.25, -0.2) is 13.1 Å². The third-order valence-corrected chi connectivity index (χ3v) is 5.70. The van der Waals surface area contributed by atoms with E-state index in [2.05, 4.69) is 9.88 Å². The molecule has 3 heterocycles. The zero-order valence-corrected chi connectivity index (χ0v) is 17.3.